The van der Waals surface area contributed by atoms with Crippen molar-refractivity contribution in [1.29, 1.82) is 0 Å². The lowest BCUT2D eigenvalue weighted by Crippen LogP contribution is -2.50. The van der Waals surface area contributed by atoms with E-state index in [0.717, 1.165) is 37.9 Å². The third-order valence-corrected chi connectivity index (χ3v) is 6.26. The van der Waals surface area contributed by atoms with Crippen LogP contribution in [0.1, 0.15) is 51.5 Å². The van der Waals surface area contributed by atoms with Crippen molar-refractivity contribution in [1.82, 2.24) is 24.7 Å². The summed E-state index contributed by atoms with van der Waals surface area (Å²) >= 11 is 0. The molecule has 2 heterocycles. The van der Waals surface area contributed by atoms with Crippen LogP contribution in [0.4, 0.5) is 0 Å². The van der Waals surface area contributed by atoms with Gasteiger partial charge in [-0.15, -0.1) is 24.0 Å². The lowest BCUT2D eigenvalue weighted by molar-refractivity contribution is -0.127. The molecule has 0 aromatic carbocycles. The average molecular weight is 516 g/mol. The number of carbonyl (C=O) groups is 1. The Kier molecular flexibility index (Phi) is 9.71. The number of carbonyl (C=O) groups excluding carboxylic acids is 1. The maximum Gasteiger partial charge on any atom is 0.243 e. The standard InChI is InChI=1S/C21H36N6O.HI/c1-17-9-11-26(15-19(17)27-12-10-22-16-27)21(24-14-20(28)25(2)3)23-13-18-7-5-4-6-8-18;/h10,12,16-19H,4-9,11,13-15H2,1-3H3,(H,23,24);1H. The molecule has 3 rings (SSSR count). The Balaban J connectivity index is 0.00000300. The minimum atomic E-state index is 0. The summed E-state index contributed by atoms with van der Waals surface area (Å²) in [6, 6.07) is 0.377. The number of imidazole rings is 1. The van der Waals surface area contributed by atoms with E-state index in [4.69, 9.17) is 4.99 Å². The predicted molar refractivity (Wildman–Crippen MR) is 128 cm³/mol. The van der Waals surface area contributed by atoms with Crippen LogP contribution in [0, 0.1) is 11.8 Å². The predicted octanol–water partition coefficient (Wildman–Crippen LogP) is 3.00. The average Bonchev–Trinajstić information content (AvgIpc) is 3.23. The highest BCUT2D eigenvalue weighted by Crippen LogP contribution is 2.28. The highest BCUT2D eigenvalue weighted by molar-refractivity contribution is 14.0. The molecule has 0 bridgehead atoms. The van der Waals surface area contributed by atoms with Gasteiger partial charge >= 0.3 is 0 Å². The van der Waals surface area contributed by atoms with Gasteiger partial charge in [-0.25, -0.2) is 9.98 Å². The first-order valence-corrected chi connectivity index (χ1v) is 10.8. The van der Waals surface area contributed by atoms with Gasteiger partial charge in [0.25, 0.3) is 0 Å². The van der Waals surface area contributed by atoms with E-state index in [0.29, 0.717) is 12.0 Å². The van der Waals surface area contributed by atoms with Crippen molar-refractivity contribution in [2.45, 2.75) is 51.5 Å². The first-order valence-electron chi connectivity index (χ1n) is 10.8. The second-order valence-corrected chi connectivity index (χ2v) is 8.60. The molecule has 0 spiro atoms. The summed E-state index contributed by atoms with van der Waals surface area (Å²) in [7, 11) is 3.56. The molecule has 2 unspecified atom stereocenters. The van der Waals surface area contributed by atoms with Gasteiger partial charge in [0.05, 0.1) is 12.4 Å². The van der Waals surface area contributed by atoms with Crippen LogP contribution in [0.3, 0.4) is 0 Å². The molecular weight excluding hydrogens is 479 g/mol. The second-order valence-electron chi connectivity index (χ2n) is 8.60. The van der Waals surface area contributed by atoms with Crippen LogP contribution in [-0.4, -0.2) is 71.5 Å². The van der Waals surface area contributed by atoms with Crippen molar-refractivity contribution in [2.24, 2.45) is 16.8 Å². The third kappa shape index (κ3) is 6.86. The number of nitrogens with zero attached hydrogens (tertiary/aromatic N) is 5. The monoisotopic (exact) mass is 516 g/mol. The maximum absolute atomic E-state index is 12.1. The topological polar surface area (TPSA) is 65.8 Å². The van der Waals surface area contributed by atoms with Crippen molar-refractivity contribution in [3.05, 3.63) is 18.7 Å². The van der Waals surface area contributed by atoms with Gasteiger partial charge in [0.15, 0.2) is 5.96 Å². The molecule has 2 fully saturated rings. The number of hydrogen-bond acceptors (Lipinski definition) is 3. The zero-order chi connectivity index (χ0) is 19.9. The maximum atomic E-state index is 12.1. The van der Waals surface area contributed by atoms with Gasteiger partial charge in [-0.3, -0.25) is 4.79 Å². The van der Waals surface area contributed by atoms with E-state index in [9.17, 15) is 4.79 Å². The van der Waals surface area contributed by atoms with Crippen molar-refractivity contribution in [2.75, 3.05) is 40.3 Å². The van der Waals surface area contributed by atoms with Crippen molar-refractivity contribution >= 4 is 35.8 Å². The smallest absolute Gasteiger partial charge is 0.243 e. The molecule has 164 valence electrons. The van der Waals surface area contributed by atoms with E-state index in [1.807, 2.05) is 18.7 Å². The molecule has 2 aliphatic rings. The molecule has 1 saturated heterocycles. The SMILES string of the molecule is CC1CCN(C(=NCC(=O)N(C)C)NCC2CCCCC2)CC1n1ccnc1.I. The lowest BCUT2D eigenvalue weighted by atomic mass is 9.89. The number of piperidine rings is 1. The first kappa shape index (κ1) is 24.0. The van der Waals surface area contributed by atoms with Crippen molar-refractivity contribution < 1.29 is 4.79 Å². The molecule has 1 aromatic rings. The number of amides is 1. The van der Waals surface area contributed by atoms with Gasteiger partial charge in [0.2, 0.25) is 5.91 Å². The molecule has 1 N–H and O–H groups in total. The normalized spacial score (nSPS) is 23.4. The molecule has 29 heavy (non-hydrogen) atoms. The van der Waals surface area contributed by atoms with Crippen LogP contribution in [-0.2, 0) is 4.79 Å². The Morgan fingerprint density at radius 2 is 2.00 bits per heavy atom. The number of aliphatic imine (C=N–C) groups is 1. The number of hydrogen-bond donors (Lipinski definition) is 1. The van der Waals surface area contributed by atoms with Crippen LogP contribution >= 0.6 is 24.0 Å². The molecule has 1 amide bonds. The molecule has 7 nitrogen and oxygen atoms in total. The largest absolute Gasteiger partial charge is 0.356 e. The van der Waals surface area contributed by atoms with E-state index in [1.54, 1.807) is 19.0 Å². The number of halogens is 1. The van der Waals surface area contributed by atoms with Crippen molar-refractivity contribution in [3.63, 3.8) is 0 Å². The molecule has 1 aromatic heterocycles. The highest BCUT2D eigenvalue weighted by atomic mass is 127. The zero-order valence-electron chi connectivity index (χ0n) is 18.1. The quantitative estimate of drug-likeness (QED) is 0.372. The van der Waals surface area contributed by atoms with Crippen LogP contribution < -0.4 is 5.32 Å². The molecule has 8 heteroatoms. The van der Waals surface area contributed by atoms with Crippen LogP contribution in [0.15, 0.2) is 23.7 Å². The van der Waals surface area contributed by atoms with E-state index in [1.165, 1.54) is 32.1 Å². The summed E-state index contributed by atoms with van der Waals surface area (Å²) < 4.78 is 2.21. The van der Waals surface area contributed by atoms with Gasteiger partial charge in [-0.1, -0.05) is 26.2 Å². The fourth-order valence-electron chi connectivity index (χ4n) is 4.27. The summed E-state index contributed by atoms with van der Waals surface area (Å²) in [6.07, 6.45) is 13.5. The molecule has 1 aliphatic heterocycles. The Morgan fingerprint density at radius 3 is 2.66 bits per heavy atom. The molecule has 1 saturated carbocycles. The van der Waals surface area contributed by atoms with Gasteiger partial charge in [-0.2, -0.15) is 0 Å². The summed E-state index contributed by atoms with van der Waals surface area (Å²) in [5.41, 5.74) is 0. The summed E-state index contributed by atoms with van der Waals surface area (Å²) in [4.78, 5) is 25.0. The van der Waals surface area contributed by atoms with Crippen molar-refractivity contribution in [3.8, 4) is 0 Å². The fraction of sp³-hybridized carbons (Fsp3) is 0.762. The van der Waals surface area contributed by atoms with Gasteiger partial charge < -0.3 is 19.7 Å². The van der Waals surface area contributed by atoms with Gasteiger partial charge in [-0.05, 0) is 31.1 Å². The minimum absolute atomic E-state index is 0. The number of aromatic nitrogens is 2. The number of guanidine groups is 1. The Labute approximate surface area is 192 Å². The molecule has 0 radical (unpaired) electrons. The number of likely N-dealkylation sites (N-methyl/N-ethyl adjacent to an activating group) is 1. The van der Waals surface area contributed by atoms with Gasteiger partial charge in [0, 0.05) is 46.1 Å². The Morgan fingerprint density at radius 1 is 1.24 bits per heavy atom. The Bertz CT molecular complexity index is 642. The number of rotatable bonds is 5. The van der Waals surface area contributed by atoms with E-state index in [2.05, 4.69) is 26.7 Å². The second kappa shape index (κ2) is 11.8. The molecular formula is C21H37IN6O. The zero-order valence-corrected chi connectivity index (χ0v) is 20.4. The van der Waals surface area contributed by atoms with Crippen LogP contribution in [0.25, 0.3) is 0 Å². The van der Waals surface area contributed by atoms with E-state index in [-0.39, 0.29) is 36.4 Å². The molecule has 2 atom stereocenters. The Hall–Kier alpha value is -1.32. The summed E-state index contributed by atoms with van der Waals surface area (Å²) in [5.74, 6) is 2.23. The third-order valence-electron chi connectivity index (χ3n) is 6.26. The van der Waals surface area contributed by atoms with Gasteiger partial charge in [0.1, 0.15) is 6.54 Å². The number of likely N-dealkylation sites (tertiary alicyclic amines) is 1. The molecule has 1 aliphatic carbocycles. The number of nitrogens with one attached hydrogen (secondary N) is 1. The first-order chi connectivity index (χ1) is 13.5. The van der Waals surface area contributed by atoms with E-state index >= 15 is 0 Å². The summed E-state index contributed by atoms with van der Waals surface area (Å²) in [6.45, 7) is 5.33. The minimum Gasteiger partial charge on any atom is -0.356 e. The fourth-order valence-corrected chi connectivity index (χ4v) is 4.27. The summed E-state index contributed by atoms with van der Waals surface area (Å²) in [5, 5.41) is 3.61. The highest BCUT2D eigenvalue weighted by Gasteiger charge is 2.29. The van der Waals surface area contributed by atoms with Crippen LogP contribution in [0.2, 0.25) is 0 Å². The lowest BCUT2D eigenvalue weighted by Gasteiger charge is -2.39. The van der Waals surface area contributed by atoms with E-state index < -0.39 is 0 Å². The van der Waals surface area contributed by atoms with Crippen LogP contribution in [0.5, 0.6) is 0 Å².